The van der Waals surface area contributed by atoms with Gasteiger partial charge in [-0.3, -0.25) is 14.3 Å². The van der Waals surface area contributed by atoms with Crippen LogP contribution in [0.2, 0.25) is 0 Å². The highest BCUT2D eigenvalue weighted by molar-refractivity contribution is 5.94. The van der Waals surface area contributed by atoms with E-state index in [1.807, 2.05) is 48.0 Å². The van der Waals surface area contributed by atoms with Crippen molar-refractivity contribution in [2.45, 2.75) is 18.4 Å². The minimum atomic E-state index is -0.734. The van der Waals surface area contributed by atoms with Crippen molar-refractivity contribution in [3.63, 3.8) is 0 Å². The summed E-state index contributed by atoms with van der Waals surface area (Å²) < 4.78 is 3.54. The number of aryl methyl sites for hydroxylation is 2. The van der Waals surface area contributed by atoms with Crippen LogP contribution in [-0.4, -0.2) is 68.7 Å². The maximum Gasteiger partial charge on any atom is 0.270 e. The van der Waals surface area contributed by atoms with Gasteiger partial charge < -0.3 is 19.7 Å². The van der Waals surface area contributed by atoms with Crippen LogP contribution in [0.3, 0.4) is 0 Å². The summed E-state index contributed by atoms with van der Waals surface area (Å²) in [4.78, 5) is 29.1. The molecule has 2 aromatic rings. The molecule has 0 saturated carbocycles. The standard InChI is InChI=1S/C18H26N6O2/c1-21(2)17(26)18(20-15-7-10-19-23(15)4)8-12-24(13-9-18)16(25)14-6-5-11-22(14)3/h5-7,10-11,20H,8-9,12-13H2,1-4H3. The Morgan fingerprint density at radius 1 is 1.19 bits per heavy atom. The van der Waals surface area contributed by atoms with Crippen molar-refractivity contribution in [3.8, 4) is 0 Å². The third-order valence-electron chi connectivity index (χ3n) is 5.07. The fourth-order valence-corrected chi connectivity index (χ4v) is 3.50. The lowest BCUT2D eigenvalue weighted by Gasteiger charge is -2.42. The Labute approximate surface area is 153 Å². The van der Waals surface area contributed by atoms with Crippen molar-refractivity contribution < 1.29 is 9.59 Å². The molecule has 0 aromatic carbocycles. The maximum absolute atomic E-state index is 12.9. The molecule has 1 saturated heterocycles. The number of likely N-dealkylation sites (N-methyl/N-ethyl adjacent to an activating group) is 1. The molecular formula is C18H26N6O2. The highest BCUT2D eigenvalue weighted by Crippen LogP contribution is 2.29. The largest absolute Gasteiger partial charge is 0.356 e. The van der Waals surface area contributed by atoms with Gasteiger partial charge in [-0.05, 0) is 25.0 Å². The molecular weight excluding hydrogens is 332 g/mol. The number of piperidine rings is 1. The van der Waals surface area contributed by atoms with Gasteiger partial charge in [0.15, 0.2) is 0 Å². The molecule has 0 radical (unpaired) electrons. The third-order valence-corrected chi connectivity index (χ3v) is 5.07. The van der Waals surface area contributed by atoms with E-state index < -0.39 is 5.54 Å². The average Bonchev–Trinajstić information content (AvgIpc) is 3.22. The fourth-order valence-electron chi connectivity index (χ4n) is 3.50. The maximum atomic E-state index is 12.9. The minimum Gasteiger partial charge on any atom is -0.356 e. The molecule has 140 valence electrons. The minimum absolute atomic E-state index is 0.00364. The Kier molecular flexibility index (Phi) is 4.76. The van der Waals surface area contributed by atoms with E-state index in [2.05, 4.69) is 10.4 Å². The van der Waals surface area contributed by atoms with E-state index in [1.165, 1.54) is 0 Å². The number of rotatable bonds is 4. The van der Waals surface area contributed by atoms with E-state index in [0.29, 0.717) is 31.6 Å². The summed E-state index contributed by atoms with van der Waals surface area (Å²) in [5.41, 5.74) is -0.0709. The van der Waals surface area contributed by atoms with Crippen LogP contribution in [0.25, 0.3) is 0 Å². The number of hydrogen-bond donors (Lipinski definition) is 1. The number of carbonyl (C=O) groups excluding carboxylic acids is 2. The van der Waals surface area contributed by atoms with Gasteiger partial charge >= 0.3 is 0 Å². The highest BCUT2D eigenvalue weighted by Gasteiger charge is 2.44. The van der Waals surface area contributed by atoms with Crippen LogP contribution in [0, 0.1) is 0 Å². The first-order valence-corrected chi connectivity index (χ1v) is 8.72. The van der Waals surface area contributed by atoms with E-state index in [0.717, 1.165) is 5.82 Å². The molecule has 0 atom stereocenters. The van der Waals surface area contributed by atoms with Crippen LogP contribution in [0.15, 0.2) is 30.6 Å². The molecule has 1 N–H and O–H groups in total. The monoisotopic (exact) mass is 358 g/mol. The van der Waals surface area contributed by atoms with Crippen molar-refractivity contribution in [1.29, 1.82) is 0 Å². The van der Waals surface area contributed by atoms with Crippen molar-refractivity contribution in [1.82, 2.24) is 24.1 Å². The lowest BCUT2D eigenvalue weighted by atomic mass is 9.85. The lowest BCUT2D eigenvalue weighted by molar-refractivity contribution is -0.135. The van der Waals surface area contributed by atoms with Crippen LogP contribution in [0.1, 0.15) is 23.3 Å². The van der Waals surface area contributed by atoms with Gasteiger partial charge in [-0.25, -0.2) is 0 Å². The van der Waals surface area contributed by atoms with E-state index in [4.69, 9.17) is 0 Å². The molecule has 1 aliphatic rings. The predicted octanol–water partition coefficient (Wildman–Crippen LogP) is 0.934. The molecule has 0 aliphatic carbocycles. The summed E-state index contributed by atoms with van der Waals surface area (Å²) in [6.07, 6.45) is 4.65. The van der Waals surface area contributed by atoms with Crippen LogP contribution >= 0.6 is 0 Å². The smallest absolute Gasteiger partial charge is 0.270 e. The van der Waals surface area contributed by atoms with Gasteiger partial charge in [0.25, 0.3) is 5.91 Å². The number of hydrogen-bond acceptors (Lipinski definition) is 4. The summed E-state index contributed by atoms with van der Waals surface area (Å²) in [6.45, 7) is 1.04. The molecule has 1 fully saturated rings. The van der Waals surface area contributed by atoms with E-state index >= 15 is 0 Å². The van der Waals surface area contributed by atoms with Crippen molar-refractivity contribution in [3.05, 3.63) is 36.3 Å². The molecule has 8 nitrogen and oxygen atoms in total. The van der Waals surface area contributed by atoms with Gasteiger partial charge in [0.05, 0.1) is 6.20 Å². The Morgan fingerprint density at radius 3 is 2.38 bits per heavy atom. The van der Waals surface area contributed by atoms with Crippen molar-refractivity contribution >= 4 is 17.6 Å². The van der Waals surface area contributed by atoms with Crippen LogP contribution < -0.4 is 5.32 Å². The van der Waals surface area contributed by atoms with Gasteiger partial charge in [0.2, 0.25) is 5.91 Å². The van der Waals surface area contributed by atoms with Crippen LogP contribution in [0.5, 0.6) is 0 Å². The summed E-state index contributed by atoms with van der Waals surface area (Å²) in [5.74, 6) is 0.816. The fraction of sp³-hybridized carbons (Fsp3) is 0.500. The number of amides is 2. The van der Waals surface area contributed by atoms with Crippen LogP contribution in [-0.2, 0) is 18.9 Å². The first-order chi connectivity index (χ1) is 12.3. The molecule has 8 heteroatoms. The Balaban J connectivity index is 1.79. The molecule has 3 rings (SSSR count). The van der Waals surface area contributed by atoms with Gasteiger partial charge in [-0.1, -0.05) is 0 Å². The average molecular weight is 358 g/mol. The van der Waals surface area contributed by atoms with E-state index in [-0.39, 0.29) is 11.8 Å². The summed E-state index contributed by atoms with van der Waals surface area (Å²) in [7, 11) is 7.22. The number of aromatic nitrogens is 3. The first-order valence-electron chi connectivity index (χ1n) is 8.72. The zero-order valence-electron chi connectivity index (χ0n) is 15.8. The summed E-state index contributed by atoms with van der Waals surface area (Å²) in [5, 5.41) is 7.56. The van der Waals surface area contributed by atoms with E-state index in [1.54, 1.807) is 29.9 Å². The summed E-state index contributed by atoms with van der Waals surface area (Å²) >= 11 is 0. The van der Waals surface area contributed by atoms with Crippen LogP contribution in [0.4, 0.5) is 5.82 Å². The molecule has 2 amide bonds. The predicted molar refractivity (Wildman–Crippen MR) is 98.8 cm³/mol. The van der Waals surface area contributed by atoms with Crippen molar-refractivity contribution in [2.75, 3.05) is 32.5 Å². The Hall–Kier alpha value is -2.77. The third kappa shape index (κ3) is 3.18. The Bertz CT molecular complexity index is 798. The SMILES string of the molecule is CN(C)C(=O)C1(Nc2ccnn2C)CCN(C(=O)c2cccn2C)CC1. The van der Waals surface area contributed by atoms with E-state index in [9.17, 15) is 9.59 Å². The molecule has 2 aromatic heterocycles. The van der Waals surface area contributed by atoms with Gasteiger partial charge in [-0.15, -0.1) is 0 Å². The number of nitrogens with one attached hydrogen (secondary N) is 1. The Morgan fingerprint density at radius 2 is 1.88 bits per heavy atom. The van der Waals surface area contributed by atoms with Crippen molar-refractivity contribution in [2.24, 2.45) is 14.1 Å². The number of anilines is 1. The quantitative estimate of drug-likeness (QED) is 0.882. The molecule has 1 aliphatic heterocycles. The number of likely N-dealkylation sites (tertiary alicyclic amines) is 1. The summed E-state index contributed by atoms with van der Waals surface area (Å²) in [6, 6.07) is 5.54. The zero-order chi connectivity index (χ0) is 18.9. The lowest BCUT2D eigenvalue weighted by Crippen LogP contribution is -2.59. The molecule has 0 bridgehead atoms. The molecule has 26 heavy (non-hydrogen) atoms. The molecule has 0 unspecified atom stereocenters. The second-order valence-corrected chi connectivity index (χ2v) is 7.04. The van der Waals surface area contributed by atoms with Gasteiger partial charge in [0, 0.05) is 53.5 Å². The number of nitrogens with zero attached hydrogens (tertiary/aromatic N) is 5. The zero-order valence-corrected chi connectivity index (χ0v) is 15.8. The molecule has 0 spiro atoms. The normalized spacial score (nSPS) is 16.4. The molecule has 3 heterocycles. The number of carbonyl (C=O) groups is 2. The topological polar surface area (TPSA) is 75.4 Å². The highest BCUT2D eigenvalue weighted by atomic mass is 16.2. The first kappa shape index (κ1) is 18.0. The van der Waals surface area contributed by atoms with Gasteiger partial charge in [0.1, 0.15) is 17.1 Å². The second-order valence-electron chi connectivity index (χ2n) is 7.04. The second kappa shape index (κ2) is 6.86. The van der Waals surface area contributed by atoms with Gasteiger partial charge in [-0.2, -0.15) is 5.10 Å².